The Bertz CT molecular complexity index is 1140. The van der Waals surface area contributed by atoms with Crippen molar-refractivity contribution in [3.05, 3.63) is 60.7 Å². The minimum Gasteiger partial charge on any atom is -0.346 e. The maximum atomic E-state index is 4.84. The highest BCUT2D eigenvalue weighted by molar-refractivity contribution is 5.94. The van der Waals surface area contributed by atoms with Crippen LogP contribution in [0.1, 0.15) is 96.2 Å². The molecule has 176 valence electrons. The molecule has 0 amide bonds. The van der Waals surface area contributed by atoms with Gasteiger partial charge >= 0.3 is 0 Å². The summed E-state index contributed by atoms with van der Waals surface area (Å²) in [6.07, 6.45) is 18.6. The molecule has 1 aliphatic rings. The Labute approximate surface area is 199 Å². The van der Waals surface area contributed by atoms with E-state index in [4.69, 9.17) is 4.98 Å². The topological polar surface area (TPSA) is 46.0 Å². The molecule has 4 aromatic rings. The van der Waals surface area contributed by atoms with Crippen molar-refractivity contribution in [2.45, 2.75) is 85.0 Å². The first-order chi connectivity index (χ1) is 16.2. The number of hydrogen-bond donors (Lipinski definition) is 1. The third-order valence-electron chi connectivity index (χ3n) is 6.37. The zero-order valence-electron chi connectivity index (χ0n) is 20.9. The van der Waals surface area contributed by atoms with Gasteiger partial charge in [-0.3, -0.25) is 0 Å². The molecule has 1 saturated carbocycles. The fraction of sp³-hybridized carbons (Fsp3) is 0.448. The number of aromatic nitrogens is 4. The molecule has 33 heavy (non-hydrogen) atoms. The van der Waals surface area contributed by atoms with E-state index in [9.17, 15) is 0 Å². The van der Waals surface area contributed by atoms with E-state index in [1.54, 1.807) is 0 Å². The monoisotopic (exact) mass is 444 g/mol. The first-order valence-corrected chi connectivity index (χ1v) is 12.8. The maximum absolute atomic E-state index is 4.84. The van der Waals surface area contributed by atoms with Crippen molar-refractivity contribution in [1.82, 2.24) is 19.6 Å². The van der Waals surface area contributed by atoms with Crippen LogP contribution < -0.4 is 0 Å². The van der Waals surface area contributed by atoms with Gasteiger partial charge in [-0.15, -0.1) is 0 Å². The quantitative estimate of drug-likeness (QED) is 0.289. The average Bonchev–Trinajstić information content (AvgIpc) is 3.43. The van der Waals surface area contributed by atoms with Gasteiger partial charge in [-0.2, -0.15) is 5.10 Å². The summed E-state index contributed by atoms with van der Waals surface area (Å²) in [5, 5.41) is 5.51. The molecule has 4 nitrogen and oxygen atoms in total. The van der Waals surface area contributed by atoms with Crippen LogP contribution in [0, 0.1) is 0 Å². The third kappa shape index (κ3) is 5.73. The molecule has 0 spiro atoms. The zero-order chi connectivity index (χ0) is 23.6. The summed E-state index contributed by atoms with van der Waals surface area (Å²) < 4.78 is 1.88. The Morgan fingerprint density at radius 2 is 1.85 bits per heavy atom. The van der Waals surface area contributed by atoms with Crippen molar-refractivity contribution in [2.75, 3.05) is 0 Å². The summed E-state index contributed by atoms with van der Waals surface area (Å²) in [6.45, 7) is 12.4. The van der Waals surface area contributed by atoms with Crippen LogP contribution in [0.2, 0.25) is 0 Å². The molecule has 0 radical (unpaired) electrons. The van der Waals surface area contributed by atoms with Crippen LogP contribution in [0.3, 0.4) is 0 Å². The van der Waals surface area contributed by atoms with E-state index in [-0.39, 0.29) is 0 Å². The Morgan fingerprint density at radius 3 is 2.48 bits per heavy atom. The van der Waals surface area contributed by atoms with Crippen LogP contribution in [0.5, 0.6) is 0 Å². The SMILES string of the molecule is C=Cc1cnn2ccc(-c3c[nH]c4nc(C5CCC5)ccc34)cc12.CC.CCCCCCC. The summed E-state index contributed by atoms with van der Waals surface area (Å²) >= 11 is 0. The summed E-state index contributed by atoms with van der Waals surface area (Å²) in [6, 6.07) is 8.65. The normalized spacial score (nSPS) is 13.1. The number of pyridine rings is 2. The van der Waals surface area contributed by atoms with E-state index in [1.807, 2.05) is 36.8 Å². The van der Waals surface area contributed by atoms with Gasteiger partial charge in [-0.05, 0) is 42.7 Å². The van der Waals surface area contributed by atoms with Crippen LogP contribution in [0.4, 0.5) is 0 Å². The Morgan fingerprint density at radius 1 is 1.09 bits per heavy atom. The molecule has 1 N–H and O–H groups in total. The molecule has 1 aliphatic carbocycles. The van der Waals surface area contributed by atoms with Crippen LogP contribution >= 0.6 is 0 Å². The van der Waals surface area contributed by atoms with Crippen molar-refractivity contribution in [2.24, 2.45) is 0 Å². The van der Waals surface area contributed by atoms with E-state index in [0.29, 0.717) is 5.92 Å². The van der Waals surface area contributed by atoms with Crippen LogP contribution in [0.25, 0.3) is 33.8 Å². The molecule has 0 saturated heterocycles. The van der Waals surface area contributed by atoms with Crippen molar-refractivity contribution in [3.63, 3.8) is 0 Å². The number of H-pyrrole nitrogens is 1. The summed E-state index contributed by atoms with van der Waals surface area (Å²) in [5.74, 6) is 0.652. The molecule has 1 fully saturated rings. The van der Waals surface area contributed by atoms with Gasteiger partial charge in [0.15, 0.2) is 0 Å². The Balaban J connectivity index is 0.000000295. The second kappa shape index (κ2) is 12.4. The van der Waals surface area contributed by atoms with E-state index in [0.717, 1.165) is 22.3 Å². The smallest absolute Gasteiger partial charge is 0.138 e. The van der Waals surface area contributed by atoms with Gasteiger partial charge in [0.2, 0.25) is 0 Å². The molecule has 0 bridgehead atoms. The van der Waals surface area contributed by atoms with Crippen molar-refractivity contribution < 1.29 is 0 Å². The highest BCUT2D eigenvalue weighted by Gasteiger charge is 2.21. The predicted molar refractivity (Wildman–Crippen MR) is 143 cm³/mol. The average molecular weight is 445 g/mol. The van der Waals surface area contributed by atoms with Gasteiger partial charge in [-0.25, -0.2) is 9.50 Å². The van der Waals surface area contributed by atoms with Gasteiger partial charge in [-0.1, -0.05) is 78.9 Å². The molecule has 0 aromatic carbocycles. The standard InChI is InChI=1S/C20H18N4.C7H16.C2H6/c1-2-13-11-22-24-9-8-15(10-19(13)24)17-12-21-20-16(17)6-7-18(23-20)14-4-3-5-14;1-3-5-7-6-4-2;1-2/h2,6-12,14H,1,3-5H2,(H,21,23);3-7H2,1-2H3;1-2H3. The molecule has 0 aliphatic heterocycles. The largest absolute Gasteiger partial charge is 0.346 e. The molecule has 4 aromatic heterocycles. The number of hydrogen-bond acceptors (Lipinski definition) is 2. The van der Waals surface area contributed by atoms with Crippen molar-refractivity contribution in [3.8, 4) is 11.1 Å². The number of nitrogens with zero attached hydrogens (tertiary/aromatic N) is 3. The first kappa shape index (κ1) is 24.8. The van der Waals surface area contributed by atoms with Gasteiger partial charge < -0.3 is 4.98 Å². The summed E-state index contributed by atoms with van der Waals surface area (Å²) in [5.41, 5.74) is 6.65. The molecular weight excluding hydrogens is 404 g/mol. The first-order valence-electron chi connectivity index (χ1n) is 12.8. The van der Waals surface area contributed by atoms with Gasteiger partial charge in [0.1, 0.15) is 5.65 Å². The number of fused-ring (bicyclic) bond motifs is 2. The number of nitrogens with one attached hydrogen (secondary N) is 1. The van der Waals surface area contributed by atoms with Gasteiger partial charge in [0.05, 0.1) is 11.7 Å². The highest BCUT2D eigenvalue weighted by Crippen LogP contribution is 2.37. The molecule has 0 unspecified atom stereocenters. The summed E-state index contributed by atoms with van der Waals surface area (Å²) in [7, 11) is 0. The lowest BCUT2D eigenvalue weighted by molar-refractivity contribution is 0.412. The number of unbranched alkanes of at least 4 members (excludes halogenated alkanes) is 4. The second-order valence-corrected chi connectivity index (χ2v) is 8.57. The Hall–Kier alpha value is -2.88. The highest BCUT2D eigenvalue weighted by atomic mass is 15.2. The van der Waals surface area contributed by atoms with Crippen LogP contribution in [0.15, 0.2) is 49.4 Å². The van der Waals surface area contributed by atoms with Gasteiger partial charge in [0, 0.05) is 40.5 Å². The van der Waals surface area contributed by atoms with E-state index in [1.165, 1.54) is 68.0 Å². The van der Waals surface area contributed by atoms with Crippen molar-refractivity contribution in [1.29, 1.82) is 0 Å². The summed E-state index contributed by atoms with van der Waals surface area (Å²) in [4.78, 5) is 8.19. The fourth-order valence-corrected chi connectivity index (χ4v) is 4.19. The maximum Gasteiger partial charge on any atom is 0.138 e. The minimum atomic E-state index is 0.652. The zero-order valence-corrected chi connectivity index (χ0v) is 20.9. The van der Waals surface area contributed by atoms with Crippen molar-refractivity contribution >= 4 is 22.6 Å². The molecule has 4 heteroatoms. The van der Waals surface area contributed by atoms with E-state index >= 15 is 0 Å². The molecule has 4 heterocycles. The lowest BCUT2D eigenvalue weighted by Crippen LogP contribution is -2.10. The molecule has 5 rings (SSSR count). The predicted octanol–water partition coefficient (Wildman–Crippen LogP) is 8.79. The number of aromatic amines is 1. The fourth-order valence-electron chi connectivity index (χ4n) is 4.19. The number of rotatable bonds is 7. The van der Waals surface area contributed by atoms with E-state index in [2.05, 4.69) is 61.0 Å². The lowest BCUT2D eigenvalue weighted by Gasteiger charge is -2.24. The van der Waals surface area contributed by atoms with Crippen LogP contribution in [-0.4, -0.2) is 19.6 Å². The molecule has 0 atom stereocenters. The minimum absolute atomic E-state index is 0.652. The second-order valence-electron chi connectivity index (χ2n) is 8.57. The Kier molecular flexibility index (Phi) is 9.29. The van der Waals surface area contributed by atoms with Crippen LogP contribution in [-0.2, 0) is 0 Å². The van der Waals surface area contributed by atoms with Gasteiger partial charge in [0.25, 0.3) is 0 Å². The third-order valence-corrected chi connectivity index (χ3v) is 6.37. The molecular formula is C29H40N4. The van der Waals surface area contributed by atoms with E-state index < -0.39 is 0 Å². The lowest BCUT2D eigenvalue weighted by atomic mass is 9.82.